The van der Waals surface area contributed by atoms with Gasteiger partial charge in [-0.25, -0.2) is 0 Å². The fraction of sp³-hybridized carbons (Fsp3) is 0.382. The zero-order chi connectivity index (χ0) is 32.2. The van der Waals surface area contributed by atoms with Gasteiger partial charge in [0, 0.05) is 61.9 Å². The summed E-state index contributed by atoms with van der Waals surface area (Å²) in [5.41, 5.74) is 0.713. The molecule has 11 heteroatoms. The molecule has 1 atom stereocenters. The quantitative estimate of drug-likeness (QED) is 0.0718. The molecule has 1 aliphatic heterocycles. The molecule has 0 fully saturated rings. The first-order valence-electron chi connectivity index (χ1n) is 15.0. The molecule has 2 heterocycles. The van der Waals surface area contributed by atoms with Gasteiger partial charge in [0.2, 0.25) is 0 Å². The number of hydrogen-bond acceptors (Lipinski definition) is 6. The average Bonchev–Trinajstić information content (AvgIpc) is 3.37. The second kappa shape index (κ2) is 13.3. The molecule has 0 N–H and O–H groups in total. The minimum absolute atomic E-state index is 0.0742. The predicted octanol–water partition coefficient (Wildman–Crippen LogP) is 7.20. The Morgan fingerprint density at radius 1 is 1.07 bits per heavy atom. The zero-order valence-electron chi connectivity index (χ0n) is 25.3. The Balaban J connectivity index is 1.45. The third-order valence-electron chi connectivity index (χ3n) is 8.43. The Morgan fingerprint density at radius 2 is 1.84 bits per heavy atom. The standard InChI is InChI=1S/C34H36F3N3O5/c1-3-44-32(41)13-8-18-45-31-12-7-11-25-16-17-38(21-28(25)31)23-33(2,34(35,36)37)29-22-39(20-24-9-5-4-6-10-24)30-19-26(40(42)43)14-15-27(29)30/h4-7,9-12,14-15,19,22H,3,8,13,16-18,20-21,23H2,1-2H3. The van der Waals surface area contributed by atoms with Gasteiger partial charge in [-0.1, -0.05) is 42.5 Å². The van der Waals surface area contributed by atoms with Gasteiger partial charge >= 0.3 is 12.1 Å². The lowest BCUT2D eigenvalue weighted by molar-refractivity contribution is -0.384. The van der Waals surface area contributed by atoms with Crippen molar-refractivity contribution >= 4 is 22.6 Å². The number of halogens is 3. The maximum atomic E-state index is 15.2. The summed E-state index contributed by atoms with van der Waals surface area (Å²) in [6, 6.07) is 19.0. The van der Waals surface area contributed by atoms with Crippen LogP contribution in [0.4, 0.5) is 18.9 Å². The normalized spacial score (nSPS) is 15.0. The topological polar surface area (TPSA) is 86.8 Å². The minimum atomic E-state index is -4.62. The predicted molar refractivity (Wildman–Crippen MR) is 164 cm³/mol. The number of non-ortho nitro benzene ring substituents is 1. The van der Waals surface area contributed by atoms with Crippen molar-refractivity contribution in [2.75, 3.05) is 26.3 Å². The third-order valence-corrected chi connectivity index (χ3v) is 8.43. The Hall–Kier alpha value is -4.38. The highest BCUT2D eigenvalue weighted by Gasteiger charge is 2.54. The smallest absolute Gasteiger partial charge is 0.399 e. The van der Waals surface area contributed by atoms with E-state index >= 15 is 13.2 Å². The van der Waals surface area contributed by atoms with Gasteiger partial charge < -0.3 is 14.0 Å². The molecule has 0 aliphatic carbocycles. The van der Waals surface area contributed by atoms with Gasteiger partial charge in [0.25, 0.3) is 5.69 Å². The van der Waals surface area contributed by atoms with Crippen molar-refractivity contribution in [1.29, 1.82) is 0 Å². The minimum Gasteiger partial charge on any atom is -0.493 e. The summed E-state index contributed by atoms with van der Waals surface area (Å²) >= 11 is 0. The molecule has 8 nitrogen and oxygen atoms in total. The lowest BCUT2D eigenvalue weighted by atomic mass is 9.80. The number of nitrogens with zero attached hydrogens (tertiary/aromatic N) is 3. The van der Waals surface area contributed by atoms with Crippen LogP contribution in [0, 0.1) is 10.1 Å². The van der Waals surface area contributed by atoms with Gasteiger partial charge in [-0.05, 0) is 55.5 Å². The summed E-state index contributed by atoms with van der Waals surface area (Å²) in [5, 5.41) is 11.9. The van der Waals surface area contributed by atoms with E-state index in [-0.39, 0.29) is 49.9 Å². The van der Waals surface area contributed by atoms with Crippen LogP contribution in [0.2, 0.25) is 0 Å². The Labute approximate surface area is 259 Å². The van der Waals surface area contributed by atoms with Crippen molar-refractivity contribution in [3.63, 3.8) is 0 Å². The van der Waals surface area contributed by atoms with Crippen LogP contribution in [-0.2, 0) is 34.5 Å². The number of alkyl halides is 3. The third kappa shape index (κ3) is 6.98. The highest BCUT2D eigenvalue weighted by Crippen LogP contribution is 2.46. The van der Waals surface area contributed by atoms with Crippen LogP contribution in [0.15, 0.2) is 72.9 Å². The lowest BCUT2D eigenvalue weighted by Gasteiger charge is -2.39. The van der Waals surface area contributed by atoms with E-state index in [1.807, 2.05) is 42.5 Å². The molecule has 0 bridgehead atoms. The van der Waals surface area contributed by atoms with E-state index in [9.17, 15) is 14.9 Å². The molecule has 0 saturated carbocycles. The fourth-order valence-corrected chi connectivity index (χ4v) is 6.03. The molecule has 0 amide bonds. The summed E-state index contributed by atoms with van der Waals surface area (Å²) in [4.78, 5) is 24.5. The number of hydrogen-bond donors (Lipinski definition) is 0. The van der Waals surface area contributed by atoms with Crippen molar-refractivity contribution in [3.8, 4) is 5.75 Å². The lowest BCUT2D eigenvalue weighted by Crippen LogP contribution is -2.50. The average molecular weight is 624 g/mol. The van der Waals surface area contributed by atoms with Crippen LogP contribution >= 0.6 is 0 Å². The monoisotopic (exact) mass is 623 g/mol. The van der Waals surface area contributed by atoms with Gasteiger partial charge in [0.15, 0.2) is 0 Å². The van der Waals surface area contributed by atoms with Gasteiger partial charge in [0.1, 0.15) is 11.2 Å². The van der Waals surface area contributed by atoms with Gasteiger partial charge in [-0.2, -0.15) is 13.2 Å². The molecule has 1 aliphatic rings. The molecule has 0 spiro atoms. The van der Waals surface area contributed by atoms with E-state index in [0.717, 1.165) is 16.7 Å². The maximum Gasteiger partial charge on any atom is 0.399 e. The maximum absolute atomic E-state index is 15.2. The summed E-state index contributed by atoms with van der Waals surface area (Å²) in [6.07, 6.45) is -1.87. The number of esters is 1. The number of nitro groups is 1. The first-order valence-corrected chi connectivity index (χ1v) is 15.0. The van der Waals surface area contributed by atoms with Crippen molar-refractivity contribution in [2.24, 2.45) is 0 Å². The molecule has 1 aromatic heterocycles. The van der Waals surface area contributed by atoms with Gasteiger partial charge in [-0.15, -0.1) is 0 Å². The van der Waals surface area contributed by atoms with Crippen LogP contribution in [0.5, 0.6) is 5.75 Å². The largest absolute Gasteiger partial charge is 0.493 e. The first kappa shape index (κ1) is 32.0. The second-order valence-electron chi connectivity index (χ2n) is 11.6. The van der Waals surface area contributed by atoms with E-state index in [4.69, 9.17) is 9.47 Å². The van der Waals surface area contributed by atoms with Crippen LogP contribution in [0.25, 0.3) is 10.9 Å². The first-order chi connectivity index (χ1) is 21.5. The van der Waals surface area contributed by atoms with Crippen molar-refractivity contribution in [1.82, 2.24) is 9.47 Å². The summed E-state index contributed by atoms with van der Waals surface area (Å²) in [5.74, 6) is 0.301. The van der Waals surface area contributed by atoms with Crippen LogP contribution in [0.3, 0.4) is 0 Å². The molecule has 3 aromatic carbocycles. The molecule has 1 unspecified atom stereocenters. The number of carbonyl (C=O) groups excluding carboxylic acids is 1. The van der Waals surface area contributed by atoms with Crippen molar-refractivity contribution in [3.05, 3.63) is 105 Å². The molecule has 0 saturated heterocycles. The number of aromatic nitrogens is 1. The molecule has 4 aromatic rings. The fourth-order valence-electron chi connectivity index (χ4n) is 6.03. The van der Waals surface area contributed by atoms with E-state index in [0.29, 0.717) is 42.6 Å². The van der Waals surface area contributed by atoms with E-state index in [1.54, 1.807) is 22.5 Å². The number of carbonyl (C=O) groups is 1. The molecule has 0 radical (unpaired) electrons. The Bertz CT molecular complexity index is 1670. The zero-order valence-corrected chi connectivity index (χ0v) is 25.3. The Morgan fingerprint density at radius 3 is 2.56 bits per heavy atom. The number of ether oxygens (including phenoxy) is 2. The van der Waals surface area contributed by atoms with E-state index in [2.05, 4.69) is 0 Å². The number of rotatable bonds is 12. The number of benzene rings is 3. The number of nitro benzene ring substituents is 1. The van der Waals surface area contributed by atoms with Crippen molar-refractivity contribution in [2.45, 2.75) is 57.8 Å². The van der Waals surface area contributed by atoms with Crippen LogP contribution in [-0.4, -0.2) is 52.8 Å². The molecule has 45 heavy (non-hydrogen) atoms. The molecule has 238 valence electrons. The van der Waals surface area contributed by atoms with Crippen molar-refractivity contribution < 1.29 is 32.4 Å². The summed E-state index contributed by atoms with van der Waals surface area (Å²) < 4.78 is 58.3. The Kier molecular flexibility index (Phi) is 9.48. The molecule has 5 rings (SSSR count). The van der Waals surface area contributed by atoms with Gasteiger partial charge in [0.05, 0.1) is 23.7 Å². The van der Waals surface area contributed by atoms with Crippen LogP contribution < -0.4 is 4.74 Å². The highest BCUT2D eigenvalue weighted by molar-refractivity contribution is 5.87. The van der Waals surface area contributed by atoms with E-state index < -0.39 is 16.5 Å². The van der Waals surface area contributed by atoms with Crippen LogP contribution in [0.1, 0.15) is 48.9 Å². The second-order valence-corrected chi connectivity index (χ2v) is 11.6. The highest BCUT2D eigenvalue weighted by atomic mass is 19.4. The summed E-state index contributed by atoms with van der Waals surface area (Å²) in [7, 11) is 0. The van der Waals surface area contributed by atoms with Gasteiger partial charge in [-0.3, -0.25) is 19.8 Å². The number of fused-ring (bicyclic) bond motifs is 2. The van der Waals surface area contributed by atoms with E-state index in [1.165, 1.54) is 31.3 Å². The molecular formula is C34H36F3N3O5. The molecular weight excluding hydrogens is 587 g/mol. The summed E-state index contributed by atoms with van der Waals surface area (Å²) in [6.45, 7) is 4.20. The SMILES string of the molecule is CCOC(=O)CCCOc1cccc2c1CN(CC(C)(c1cn(Cc3ccccc3)c3cc([N+](=O)[O-])ccc13)C(F)(F)F)CC2.